The van der Waals surface area contributed by atoms with Crippen molar-refractivity contribution in [2.24, 2.45) is 0 Å². The molecule has 0 bridgehead atoms. The largest absolute Gasteiger partial charge is 0.469 e. The van der Waals surface area contributed by atoms with Crippen molar-refractivity contribution in [1.29, 1.82) is 0 Å². The summed E-state index contributed by atoms with van der Waals surface area (Å²) in [5.41, 5.74) is 0.0540. The molecule has 12 heteroatoms. The maximum atomic E-state index is 13.2. The van der Waals surface area contributed by atoms with Gasteiger partial charge in [0.2, 0.25) is 11.9 Å². The maximum absolute atomic E-state index is 13.2. The van der Waals surface area contributed by atoms with Gasteiger partial charge in [-0.1, -0.05) is 12.1 Å². The highest BCUT2D eigenvalue weighted by atomic mass is 19.4. The summed E-state index contributed by atoms with van der Waals surface area (Å²) in [7, 11) is 1.34. The zero-order valence-corrected chi connectivity index (χ0v) is 19.2. The molecule has 1 aliphatic heterocycles. The quantitative estimate of drug-likeness (QED) is 0.371. The van der Waals surface area contributed by atoms with Crippen LogP contribution >= 0.6 is 0 Å². The Kier molecular flexibility index (Phi) is 7.17. The number of alkyl halides is 3. The minimum absolute atomic E-state index is 0.0333. The second-order valence-electron chi connectivity index (χ2n) is 8.18. The Hall–Kier alpha value is -3.70. The molecule has 186 valence electrons. The van der Waals surface area contributed by atoms with Crippen LogP contribution in [-0.2, 0) is 20.5 Å². The standard InChI is InChI=1S/C23H25F3N6O3/c1-35-20(34)8-3-2-7-19(33)30-11-13-31(14-12-30)22-28-21-27-10-9-18(32(21)29-22)16-5-4-6-17(15-16)23(24,25)26/h4-6,9-10,15H,2-3,7-8,11-14H2,1H3. The number of benzene rings is 1. The molecule has 0 saturated carbocycles. The molecule has 0 aliphatic carbocycles. The van der Waals surface area contributed by atoms with Crippen molar-refractivity contribution >= 4 is 23.6 Å². The van der Waals surface area contributed by atoms with E-state index >= 15 is 0 Å². The molecule has 9 nitrogen and oxygen atoms in total. The molecule has 0 unspecified atom stereocenters. The Balaban J connectivity index is 1.42. The van der Waals surface area contributed by atoms with Crippen molar-refractivity contribution in [1.82, 2.24) is 24.5 Å². The van der Waals surface area contributed by atoms with E-state index in [0.717, 1.165) is 12.1 Å². The van der Waals surface area contributed by atoms with Crippen LogP contribution in [0.2, 0.25) is 0 Å². The molecule has 3 heterocycles. The number of anilines is 1. The molecule has 1 saturated heterocycles. The van der Waals surface area contributed by atoms with Crippen LogP contribution in [0.1, 0.15) is 31.2 Å². The van der Waals surface area contributed by atoms with Crippen LogP contribution in [0.3, 0.4) is 0 Å². The first-order valence-corrected chi connectivity index (χ1v) is 11.3. The first-order chi connectivity index (χ1) is 16.8. The van der Waals surface area contributed by atoms with Gasteiger partial charge in [0.15, 0.2) is 0 Å². The van der Waals surface area contributed by atoms with E-state index < -0.39 is 11.7 Å². The lowest BCUT2D eigenvalue weighted by atomic mass is 10.1. The minimum atomic E-state index is -4.45. The number of unbranched alkanes of at least 4 members (excludes halogenated alkanes) is 1. The molecule has 4 rings (SSSR count). The molecule has 1 aromatic carbocycles. The Morgan fingerprint density at radius 2 is 1.80 bits per heavy atom. The number of carbonyl (C=O) groups is 2. The summed E-state index contributed by atoms with van der Waals surface area (Å²) < 4.78 is 45.5. The number of hydrogen-bond donors (Lipinski definition) is 0. The number of aromatic nitrogens is 4. The normalized spacial score (nSPS) is 14.4. The number of esters is 1. The third-order valence-electron chi connectivity index (χ3n) is 5.88. The second-order valence-corrected chi connectivity index (χ2v) is 8.18. The van der Waals surface area contributed by atoms with Crippen LogP contribution in [0, 0.1) is 0 Å². The van der Waals surface area contributed by atoms with Crippen molar-refractivity contribution in [3.63, 3.8) is 0 Å². The molecule has 0 N–H and O–H groups in total. The van der Waals surface area contributed by atoms with Gasteiger partial charge in [-0.25, -0.2) is 4.98 Å². The second kappa shape index (κ2) is 10.3. The number of nitrogens with zero attached hydrogens (tertiary/aromatic N) is 6. The van der Waals surface area contributed by atoms with Gasteiger partial charge in [0.1, 0.15) is 0 Å². The van der Waals surface area contributed by atoms with E-state index in [4.69, 9.17) is 0 Å². The van der Waals surface area contributed by atoms with Gasteiger partial charge < -0.3 is 14.5 Å². The van der Waals surface area contributed by atoms with Crippen LogP contribution in [0.25, 0.3) is 17.0 Å². The average Bonchev–Trinajstić information content (AvgIpc) is 3.30. The van der Waals surface area contributed by atoms with Crippen molar-refractivity contribution < 1.29 is 27.5 Å². The highest BCUT2D eigenvalue weighted by molar-refractivity contribution is 5.76. The SMILES string of the molecule is COC(=O)CCCCC(=O)N1CCN(c2nc3nccc(-c4cccc(C(F)(F)F)c4)n3n2)CC1. The zero-order valence-electron chi connectivity index (χ0n) is 19.2. The smallest absolute Gasteiger partial charge is 0.416 e. The lowest BCUT2D eigenvalue weighted by molar-refractivity contribution is -0.141. The number of amides is 1. The molecule has 0 atom stereocenters. The lowest BCUT2D eigenvalue weighted by Crippen LogP contribution is -2.49. The van der Waals surface area contributed by atoms with Crippen molar-refractivity contribution in [2.75, 3.05) is 38.2 Å². The van der Waals surface area contributed by atoms with E-state index in [2.05, 4.69) is 19.8 Å². The number of carbonyl (C=O) groups excluding carboxylic acids is 2. The summed E-state index contributed by atoms with van der Waals surface area (Å²) >= 11 is 0. The summed E-state index contributed by atoms with van der Waals surface area (Å²) in [4.78, 5) is 36.0. The Bertz CT molecular complexity index is 1200. The molecule has 1 fully saturated rings. The molecule has 2 aromatic heterocycles. The summed E-state index contributed by atoms with van der Waals surface area (Å²) in [6.45, 7) is 2.03. The topological polar surface area (TPSA) is 92.9 Å². The highest BCUT2D eigenvalue weighted by Gasteiger charge is 2.31. The summed E-state index contributed by atoms with van der Waals surface area (Å²) in [6, 6.07) is 6.63. The van der Waals surface area contributed by atoms with E-state index in [-0.39, 0.29) is 17.7 Å². The highest BCUT2D eigenvalue weighted by Crippen LogP contribution is 2.32. The number of piperazine rings is 1. The molecular formula is C23H25F3N6O3. The summed E-state index contributed by atoms with van der Waals surface area (Å²) in [6.07, 6.45) is -1.08. The van der Waals surface area contributed by atoms with E-state index in [9.17, 15) is 22.8 Å². The van der Waals surface area contributed by atoms with Gasteiger partial charge in [0.25, 0.3) is 5.78 Å². The number of rotatable bonds is 7. The van der Waals surface area contributed by atoms with Crippen molar-refractivity contribution in [3.05, 3.63) is 42.1 Å². The molecule has 3 aromatic rings. The fourth-order valence-electron chi connectivity index (χ4n) is 3.95. The van der Waals surface area contributed by atoms with Crippen LogP contribution in [0.5, 0.6) is 0 Å². The van der Waals surface area contributed by atoms with Crippen LogP contribution in [0.15, 0.2) is 36.5 Å². The molecule has 35 heavy (non-hydrogen) atoms. The third kappa shape index (κ3) is 5.69. The maximum Gasteiger partial charge on any atom is 0.416 e. The molecule has 1 amide bonds. The number of methoxy groups -OCH3 is 1. The van der Waals surface area contributed by atoms with Crippen LogP contribution in [-0.4, -0.2) is 69.6 Å². The van der Waals surface area contributed by atoms with Crippen molar-refractivity contribution in [2.45, 2.75) is 31.9 Å². The number of ether oxygens (including phenoxy) is 1. The summed E-state index contributed by atoms with van der Waals surface area (Å²) in [5, 5.41) is 4.50. The predicted molar refractivity (Wildman–Crippen MR) is 120 cm³/mol. The van der Waals surface area contributed by atoms with Crippen molar-refractivity contribution in [3.8, 4) is 11.3 Å². The fraction of sp³-hybridized carbons (Fsp3) is 0.435. The van der Waals surface area contributed by atoms with Crippen LogP contribution in [0.4, 0.5) is 19.1 Å². The zero-order chi connectivity index (χ0) is 25.0. The number of halogens is 3. The number of hydrogen-bond acceptors (Lipinski definition) is 7. The summed E-state index contributed by atoms with van der Waals surface area (Å²) in [5.74, 6) is 0.434. The fourth-order valence-corrected chi connectivity index (χ4v) is 3.95. The lowest BCUT2D eigenvalue weighted by Gasteiger charge is -2.34. The van der Waals surface area contributed by atoms with Gasteiger partial charge in [0.05, 0.1) is 18.4 Å². The molecule has 0 radical (unpaired) electrons. The van der Waals surface area contributed by atoms with Gasteiger partial charge in [0, 0.05) is 50.8 Å². The van der Waals surface area contributed by atoms with Gasteiger partial charge >= 0.3 is 12.1 Å². The van der Waals surface area contributed by atoms with Gasteiger partial charge in [-0.2, -0.15) is 22.7 Å². The first-order valence-electron chi connectivity index (χ1n) is 11.3. The Morgan fingerprint density at radius 1 is 1.06 bits per heavy atom. The molecular weight excluding hydrogens is 465 g/mol. The van der Waals surface area contributed by atoms with E-state index in [1.54, 1.807) is 17.0 Å². The van der Waals surface area contributed by atoms with Crippen LogP contribution < -0.4 is 4.90 Å². The van der Waals surface area contributed by atoms with E-state index in [0.29, 0.717) is 69.1 Å². The van der Waals surface area contributed by atoms with Gasteiger partial charge in [-0.3, -0.25) is 9.59 Å². The average molecular weight is 490 g/mol. The molecule has 1 aliphatic rings. The van der Waals surface area contributed by atoms with E-state index in [1.807, 2.05) is 4.90 Å². The molecule has 0 spiro atoms. The van der Waals surface area contributed by atoms with Gasteiger partial charge in [-0.05, 0) is 31.0 Å². The Morgan fingerprint density at radius 3 is 2.51 bits per heavy atom. The monoisotopic (exact) mass is 490 g/mol. The Labute approximate surface area is 199 Å². The van der Waals surface area contributed by atoms with E-state index in [1.165, 1.54) is 23.9 Å². The first kappa shape index (κ1) is 24.4. The number of fused-ring (bicyclic) bond motifs is 1. The third-order valence-corrected chi connectivity index (χ3v) is 5.88. The predicted octanol–water partition coefficient (Wildman–Crippen LogP) is 3.19. The van der Waals surface area contributed by atoms with Gasteiger partial charge in [-0.15, -0.1) is 5.10 Å². The minimum Gasteiger partial charge on any atom is -0.469 e.